The predicted octanol–water partition coefficient (Wildman–Crippen LogP) is 3.43. The Morgan fingerprint density at radius 2 is 1.88 bits per heavy atom. The molecule has 16 heavy (non-hydrogen) atoms. The van der Waals surface area contributed by atoms with Crippen LogP contribution in [0.4, 0.5) is 0 Å². The van der Waals surface area contributed by atoms with E-state index in [0.717, 1.165) is 0 Å². The zero-order chi connectivity index (χ0) is 11.9. The monoisotopic (exact) mass is 237 g/mol. The summed E-state index contributed by atoms with van der Waals surface area (Å²) in [6.07, 6.45) is 3.67. The van der Waals surface area contributed by atoms with Gasteiger partial charge in [-0.25, -0.2) is 0 Å². The van der Waals surface area contributed by atoms with Crippen LogP contribution in [-0.2, 0) is 19.3 Å². The van der Waals surface area contributed by atoms with Crippen LogP contribution >= 0.6 is 11.3 Å². The first-order valence-corrected chi connectivity index (χ1v) is 7.18. The lowest BCUT2D eigenvalue weighted by Gasteiger charge is -2.28. The summed E-state index contributed by atoms with van der Waals surface area (Å²) in [6, 6.07) is 1.35. The number of fused-ring (bicyclic) bond motifs is 1. The van der Waals surface area contributed by atoms with Crippen LogP contribution in [0, 0.1) is 6.92 Å². The molecule has 0 fully saturated rings. The van der Waals surface area contributed by atoms with Crippen LogP contribution in [0.1, 0.15) is 41.7 Å². The fourth-order valence-corrected chi connectivity index (χ4v) is 4.12. The van der Waals surface area contributed by atoms with Crippen LogP contribution in [0.3, 0.4) is 0 Å². The number of hydrogen-bond donors (Lipinski definition) is 0. The van der Waals surface area contributed by atoms with Crippen LogP contribution in [0.25, 0.3) is 0 Å². The van der Waals surface area contributed by atoms with Crippen molar-refractivity contribution in [2.75, 3.05) is 7.05 Å². The van der Waals surface area contributed by atoms with Gasteiger partial charge in [-0.1, -0.05) is 6.92 Å². The first-order valence-electron chi connectivity index (χ1n) is 6.36. The van der Waals surface area contributed by atoms with Gasteiger partial charge in [0.15, 0.2) is 0 Å². The molecule has 2 unspecified atom stereocenters. The molecule has 90 valence electrons. The number of likely N-dealkylation sites (N-methyl/N-ethyl adjacent to an activating group) is 1. The van der Waals surface area contributed by atoms with Crippen LogP contribution < -0.4 is 0 Å². The van der Waals surface area contributed by atoms with Gasteiger partial charge in [0, 0.05) is 21.8 Å². The molecule has 0 radical (unpaired) electrons. The molecule has 1 aromatic heterocycles. The zero-order valence-electron chi connectivity index (χ0n) is 11.1. The summed E-state index contributed by atoms with van der Waals surface area (Å²) >= 11 is 2.06. The lowest BCUT2D eigenvalue weighted by Crippen LogP contribution is -2.37. The van der Waals surface area contributed by atoms with Crippen molar-refractivity contribution in [3.63, 3.8) is 0 Å². The van der Waals surface area contributed by atoms with Gasteiger partial charge in [-0.05, 0) is 58.2 Å². The molecular formula is C14H23NS. The fourth-order valence-electron chi connectivity index (χ4n) is 2.72. The van der Waals surface area contributed by atoms with Gasteiger partial charge in [-0.15, -0.1) is 11.3 Å². The van der Waals surface area contributed by atoms with E-state index >= 15 is 0 Å². The van der Waals surface area contributed by atoms with Gasteiger partial charge in [0.25, 0.3) is 0 Å². The summed E-state index contributed by atoms with van der Waals surface area (Å²) in [5.74, 6) is 0. The summed E-state index contributed by atoms with van der Waals surface area (Å²) < 4.78 is 0. The molecule has 1 aliphatic rings. The Balaban J connectivity index is 2.40. The second kappa shape index (κ2) is 4.50. The molecule has 0 spiro atoms. The van der Waals surface area contributed by atoms with E-state index in [1.54, 1.807) is 20.9 Å². The highest BCUT2D eigenvalue weighted by atomic mass is 32.1. The van der Waals surface area contributed by atoms with Crippen molar-refractivity contribution in [1.82, 2.24) is 4.90 Å². The Morgan fingerprint density at radius 3 is 2.50 bits per heavy atom. The molecule has 0 aromatic carbocycles. The molecule has 0 amide bonds. The van der Waals surface area contributed by atoms with Gasteiger partial charge < -0.3 is 4.90 Å². The molecule has 2 heteroatoms. The third kappa shape index (κ3) is 1.93. The van der Waals surface area contributed by atoms with E-state index in [4.69, 9.17) is 0 Å². The highest BCUT2D eigenvalue weighted by molar-refractivity contribution is 7.12. The molecule has 0 bridgehead atoms. The third-order valence-corrected chi connectivity index (χ3v) is 5.65. The molecule has 2 rings (SSSR count). The normalized spacial score (nSPS) is 26.6. The second-order valence-electron chi connectivity index (χ2n) is 5.18. The van der Waals surface area contributed by atoms with Crippen molar-refractivity contribution in [2.45, 2.75) is 59.0 Å². The van der Waals surface area contributed by atoms with E-state index < -0.39 is 0 Å². The minimum atomic E-state index is 0.675. The maximum Gasteiger partial charge on any atom is 0.0115 e. The summed E-state index contributed by atoms with van der Waals surface area (Å²) in [7, 11) is 2.27. The SMILES string of the molecule is CCc1sc2c(c1C)CC(C)N(C)C(C)C2. The number of nitrogens with zero attached hydrogens (tertiary/aromatic N) is 1. The molecule has 1 aromatic rings. The maximum absolute atomic E-state index is 2.53. The Labute approximate surface area is 103 Å². The molecule has 0 saturated carbocycles. The number of thiophene rings is 1. The minimum absolute atomic E-state index is 0.675. The van der Waals surface area contributed by atoms with Gasteiger partial charge in [0.2, 0.25) is 0 Å². The molecule has 2 atom stereocenters. The van der Waals surface area contributed by atoms with Crippen LogP contribution in [-0.4, -0.2) is 24.0 Å². The first kappa shape index (κ1) is 12.1. The number of aryl methyl sites for hydroxylation is 1. The summed E-state index contributed by atoms with van der Waals surface area (Å²) in [5, 5.41) is 0. The second-order valence-corrected chi connectivity index (χ2v) is 6.37. The van der Waals surface area contributed by atoms with Gasteiger partial charge in [-0.2, -0.15) is 0 Å². The Bertz CT molecular complexity index is 380. The summed E-state index contributed by atoms with van der Waals surface area (Å²) in [6.45, 7) is 9.30. The van der Waals surface area contributed by atoms with Crippen molar-refractivity contribution in [3.8, 4) is 0 Å². The Kier molecular flexibility index (Phi) is 3.41. The lowest BCUT2D eigenvalue weighted by atomic mass is 10.0. The molecule has 2 heterocycles. The van der Waals surface area contributed by atoms with Crippen molar-refractivity contribution in [2.24, 2.45) is 0 Å². The summed E-state index contributed by atoms with van der Waals surface area (Å²) in [5.41, 5.74) is 3.24. The fraction of sp³-hybridized carbons (Fsp3) is 0.714. The maximum atomic E-state index is 2.53. The van der Waals surface area contributed by atoms with Crippen molar-refractivity contribution >= 4 is 11.3 Å². The van der Waals surface area contributed by atoms with Crippen molar-refractivity contribution < 1.29 is 0 Å². The highest BCUT2D eigenvalue weighted by Crippen LogP contribution is 2.34. The van der Waals surface area contributed by atoms with Crippen LogP contribution in [0.2, 0.25) is 0 Å². The van der Waals surface area contributed by atoms with E-state index in [1.807, 2.05) is 0 Å². The van der Waals surface area contributed by atoms with Gasteiger partial charge in [-0.3, -0.25) is 0 Å². The first-order chi connectivity index (χ1) is 7.54. The van der Waals surface area contributed by atoms with E-state index in [9.17, 15) is 0 Å². The van der Waals surface area contributed by atoms with E-state index in [-0.39, 0.29) is 0 Å². The van der Waals surface area contributed by atoms with E-state index in [0.29, 0.717) is 12.1 Å². The lowest BCUT2D eigenvalue weighted by molar-refractivity contribution is 0.202. The quantitative estimate of drug-likeness (QED) is 0.723. The Morgan fingerprint density at radius 1 is 1.25 bits per heavy atom. The highest BCUT2D eigenvalue weighted by Gasteiger charge is 2.26. The number of hydrogen-bond acceptors (Lipinski definition) is 2. The van der Waals surface area contributed by atoms with Crippen LogP contribution in [0.15, 0.2) is 0 Å². The molecule has 0 saturated heterocycles. The topological polar surface area (TPSA) is 3.24 Å². The standard InChI is InChI=1S/C14H23NS/c1-6-13-11(4)12-7-9(2)15(5)10(3)8-14(12)16-13/h9-10H,6-8H2,1-5H3. The van der Waals surface area contributed by atoms with Crippen molar-refractivity contribution in [3.05, 3.63) is 20.9 Å². The largest absolute Gasteiger partial charge is 0.300 e. The molecule has 1 nitrogen and oxygen atoms in total. The van der Waals surface area contributed by atoms with Gasteiger partial charge in [0.1, 0.15) is 0 Å². The summed E-state index contributed by atoms with van der Waals surface area (Å²) in [4.78, 5) is 5.78. The average Bonchev–Trinajstić information content (AvgIpc) is 2.50. The molecule has 0 N–H and O–H groups in total. The van der Waals surface area contributed by atoms with E-state index in [2.05, 4.69) is 51.0 Å². The minimum Gasteiger partial charge on any atom is -0.300 e. The van der Waals surface area contributed by atoms with Crippen LogP contribution in [0.5, 0.6) is 0 Å². The molecular weight excluding hydrogens is 214 g/mol. The van der Waals surface area contributed by atoms with Crippen molar-refractivity contribution in [1.29, 1.82) is 0 Å². The average molecular weight is 237 g/mol. The zero-order valence-corrected chi connectivity index (χ0v) is 11.9. The smallest absolute Gasteiger partial charge is 0.0115 e. The number of rotatable bonds is 1. The molecule has 1 aliphatic heterocycles. The van der Waals surface area contributed by atoms with Gasteiger partial charge in [0.05, 0.1) is 0 Å². The predicted molar refractivity (Wildman–Crippen MR) is 72.5 cm³/mol. The van der Waals surface area contributed by atoms with Gasteiger partial charge >= 0.3 is 0 Å². The molecule has 0 aliphatic carbocycles. The third-order valence-electron chi connectivity index (χ3n) is 4.15. The van der Waals surface area contributed by atoms with E-state index in [1.165, 1.54) is 19.3 Å². The Hall–Kier alpha value is -0.340.